The van der Waals surface area contributed by atoms with Crippen LogP contribution in [0.2, 0.25) is 0 Å². The molecule has 0 radical (unpaired) electrons. The van der Waals surface area contributed by atoms with E-state index in [9.17, 15) is 9.59 Å². The molecule has 4 saturated carbocycles. The molecule has 192 valence electrons. The molecule has 0 spiro atoms. The first-order valence-electron chi connectivity index (χ1n) is 13.6. The van der Waals surface area contributed by atoms with E-state index in [1.54, 1.807) is 0 Å². The Balaban J connectivity index is 1.23. The fourth-order valence-corrected chi connectivity index (χ4v) is 8.66. The van der Waals surface area contributed by atoms with E-state index in [-0.39, 0.29) is 58.9 Å². The van der Waals surface area contributed by atoms with Crippen molar-refractivity contribution in [3.05, 3.63) is 0 Å². The summed E-state index contributed by atoms with van der Waals surface area (Å²) in [4.78, 5) is 26.5. The lowest BCUT2D eigenvalue weighted by Gasteiger charge is -2.42. The molecule has 0 N–H and O–H groups in total. The van der Waals surface area contributed by atoms with E-state index in [0.717, 1.165) is 25.7 Å². The van der Waals surface area contributed by atoms with Crippen LogP contribution < -0.4 is 0 Å². The van der Waals surface area contributed by atoms with E-state index in [0.29, 0.717) is 42.6 Å². The zero-order valence-corrected chi connectivity index (χ0v) is 22.3. The predicted molar refractivity (Wildman–Crippen MR) is 129 cm³/mol. The van der Waals surface area contributed by atoms with Crippen LogP contribution in [0.5, 0.6) is 0 Å². The Bertz CT molecular complexity index is 784. The molecule has 34 heavy (non-hydrogen) atoms. The molecule has 5 fully saturated rings. The molecular weight excluding hydrogens is 430 g/mol. The molecule has 1 saturated heterocycles. The van der Waals surface area contributed by atoms with Gasteiger partial charge in [0.2, 0.25) is 0 Å². The first-order valence-corrected chi connectivity index (χ1v) is 13.6. The molecule has 1 aliphatic heterocycles. The van der Waals surface area contributed by atoms with Gasteiger partial charge in [-0.2, -0.15) is 0 Å². The summed E-state index contributed by atoms with van der Waals surface area (Å²) < 4.78 is 18.3. The molecule has 1 heterocycles. The number of hydrogen-bond donors (Lipinski definition) is 0. The van der Waals surface area contributed by atoms with Gasteiger partial charge in [0, 0.05) is 10.8 Å². The van der Waals surface area contributed by atoms with E-state index < -0.39 is 0 Å². The van der Waals surface area contributed by atoms with Crippen molar-refractivity contribution in [2.75, 3.05) is 39.4 Å². The summed E-state index contributed by atoms with van der Waals surface area (Å²) in [5, 5.41) is 0. The smallest absolute Gasteiger partial charge is 0.362 e. The Labute approximate surface area is 205 Å². The molecule has 0 amide bonds. The van der Waals surface area contributed by atoms with Crippen molar-refractivity contribution < 1.29 is 28.3 Å². The lowest BCUT2D eigenvalue weighted by Crippen LogP contribution is -2.60. The number of ether oxygens (including phenoxy) is 3. The molecule has 0 aromatic heterocycles. The van der Waals surface area contributed by atoms with Gasteiger partial charge in [0.05, 0.1) is 13.2 Å². The SMILES string of the molecule is CC1(C)[C@@H]2CC[C@]1(C)[C@@H](OC(=O)C[N+]1(CC(=O)O[C@@H]3C[C@@H]4CC[C@@]3(C)C4(C)C)CCOCC1)C2. The first kappa shape index (κ1) is 24.5. The number of rotatable bonds is 6. The highest BCUT2D eigenvalue weighted by molar-refractivity contribution is 5.73. The van der Waals surface area contributed by atoms with Gasteiger partial charge >= 0.3 is 11.9 Å². The second-order valence-corrected chi connectivity index (χ2v) is 13.9. The zero-order valence-electron chi connectivity index (χ0n) is 22.3. The van der Waals surface area contributed by atoms with Gasteiger partial charge in [-0.05, 0) is 61.2 Å². The number of hydrogen-bond acceptors (Lipinski definition) is 5. The maximum absolute atomic E-state index is 13.2. The van der Waals surface area contributed by atoms with Crippen molar-refractivity contribution in [2.24, 2.45) is 33.5 Å². The monoisotopic (exact) mass is 476 g/mol. The molecular formula is C28H46NO5+. The van der Waals surface area contributed by atoms with Crippen LogP contribution in [0.25, 0.3) is 0 Å². The number of carbonyl (C=O) groups is 2. The Morgan fingerprint density at radius 2 is 1.18 bits per heavy atom. The molecule has 0 unspecified atom stereocenters. The van der Waals surface area contributed by atoms with Gasteiger partial charge in [0.15, 0.2) is 13.1 Å². The number of fused-ring (bicyclic) bond motifs is 4. The van der Waals surface area contributed by atoms with Crippen molar-refractivity contribution in [3.63, 3.8) is 0 Å². The van der Waals surface area contributed by atoms with Crippen LogP contribution in [0, 0.1) is 33.5 Å². The van der Waals surface area contributed by atoms with Crippen LogP contribution in [-0.2, 0) is 23.8 Å². The number of quaternary nitrogens is 1. The van der Waals surface area contributed by atoms with E-state index >= 15 is 0 Å². The number of carbonyl (C=O) groups excluding carboxylic acids is 2. The van der Waals surface area contributed by atoms with Crippen molar-refractivity contribution in [2.45, 2.75) is 92.3 Å². The molecule has 6 heteroatoms. The van der Waals surface area contributed by atoms with Crippen LogP contribution in [0.15, 0.2) is 0 Å². The maximum Gasteiger partial charge on any atom is 0.362 e. The van der Waals surface area contributed by atoms with E-state index in [2.05, 4.69) is 41.5 Å². The quantitative estimate of drug-likeness (QED) is 0.421. The van der Waals surface area contributed by atoms with Gasteiger partial charge in [-0.15, -0.1) is 0 Å². The maximum atomic E-state index is 13.2. The second kappa shape index (κ2) is 7.93. The number of esters is 2. The van der Waals surface area contributed by atoms with Crippen LogP contribution in [0.1, 0.15) is 80.1 Å². The Morgan fingerprint density at radius 1 is 0.765 bits per heavy atom. The molecule has 4 bridgehead atoms. The van der Waals surface area contributed by atoms with Gasteiger partial charge in [-0.1, -0.05) is 41.5 Å². The normalized spacial score (nSPS) is 43.1. The minimum atomic E-state index is -0.169. The van der Waals surface area contributed by atoms with E-state index in [1.807, 2.05) is 0 Å². The summed E-state index contributed by atoms with van der Waals surface area (Å²) >= 11 is 0. The highest BCUT2D eigenvalue weighted by Gasteiger charge is 2.64. The molecule has 5 aliphatic rings. The Hall–Kier alpha value is -1.14. The summed E-state index contributed by atoms with van der Waals surface area (Å²) in [6.07, 6.45) is 6.63. The van der Waals surface area contributed by atoms with Crippen molar-refractivity contribution in [1.29, 1.82) is 0 Å². The van der Waals surface area contributed by atoms with E-state index in [4.69, 9.17) is 14.2 Å². The van der Waals surface area contributed by atoms with Crippen LogP contribution in [0.3, 0.4) is 0 Å². The third kappa shape index (κ3) is 3.48. The van der Waals surface area contributed by atoms with Gasteiger partial charge in [0.25, 0.3) is 0 Å². The molecule has 5 rings (SSSR count). The standard InChI is InChI=1S/C28H46NO5/c1-25(2)19-7-9-27(25,5)21(15-19)33-23(30)17-29(11-13-32-14-12-29)18-24(31)34-22-16-20-8-10-28(22,6)26(20,3)4/h19-22H,7-18H2,1-6H3/q+1/t19-,20+,21+,22-,27-,28-/m1/s1. The molecule has 6 atom stereocenters. The summed E-state index contributed by atoms with van der Waals surface area (Å²) in [6, 6.07) is 0. The summed E-state index contributed by atoms with van der Waals surface area (Å²) in [7, 11) is 0. The fraction of sp³-hybridized carbons (Fsp3) is 0.929. The number of morpholine rings is 1. The third-order valence-corrected chi connectivity index (χ3v) is 12.3. The van der Waals surface area contributed by atoms with Gasteiger partial charge < -0.3 is 18.7 Å². The van der Waals surface area contributed by atoms with Gasteiger partial charge in [0.1, 0.15) is 25.3 Å². The van der Waals surface area contributed by atoms with E-state index in [1.165, 1.54) is 12.8 Å². The van der Waals surface area contributed by atoms with Crippen molar-refractivity contribution in [3.8, 4) is 0 Å². The van der Waals surface area contributed by atoms with Crippen LogP contribution in [0.4, 0.5) is 0 Å². The average Bonchev–Trinajstić information content (AvgIpc) is 3.26. The summed E-state index contributed by atoms with van der Waals surface area (Å²) in [5.74, 6) is 0.919. The summed E-state index contributed by atoms with van der Waals surface area (Å²) in [6.45, 7) is 16.8. The van der Waals surface area contributed by atoms with Gasteiger partial charge in [-0.3, -0.25) is 0 Å². The predicted octanol–water partition coefficient (Wildman–Crippen LogP) is 4.35. The molecule has 6 nitrogen and oxygen atoms in total. The lowest BCUT2D eigenvalue weighted by molar-refractivity contribution is -0.921. The average molecular weight is 477 g/mol. The summed E-state index contributed by atoms with van der Waals surface area (Å²) in [5.41, 5.74) is 0.507. The topological polar surface area (TPSA) is 61.8 Å². The Morgan fingerprint density at radius 3 is 1.50 bits per heavy atom. The second-order valence-electron chi connectivity index (χ2n) is 13.9. The van der Waals surface area contributed by atoms with Crippen LogP contribution in [-0.4, -0.2) is 68.0 Å². The largest absolute Gasteiger partial charge is 0.458 e. The highest BCUT2D eigenvalue weighted by atomic mass is 16.6. The molecule has 0 aromatic carbocycles. The fourth-order valence-electron chi connectivity index (χ4n) is 8.66. The Kier molecular flexibility index (Phi) is 5.73. The minimum Gasteiger partial charge on any atom is -0.458 e. The third-order valence-electron chi connectivity index (χ3n) is 12.3. The molecule has 4 aliphatic carbocycles. The first-order chi connectivity index (χ1) is 15.8. The number of nitrogens with zero attached hydrogens (tertiary/aromatic N) is 1. The zero-order chi connectivity index (χ0) is 24.6. The van der Waals surface area contributed by atoms with Crippen molar-refractivity contribution >= 4 is 11.9 Å². The minimum absolute atomic E-state index is 0.0157. The van der Waals surface area contributed by atoms with Crippen LogP contribution >= 0.6 is 0 Å². The molecule has 0 aromatic rings. The lowest BCUT2D eigenvalue weighted by atomic mass is 9.70. The van der Waals surface area contributed by atoms with Gasteiger partial charge in [-0.25, -0.2) is 9.59 Å². The van der Waals surface area contributed by atoms with Crippen molar-refractivity contribution in [1.82, 2.24) is 0 Å². The highest BCUT2D eigenvalue weighted by Crippen LogP contribution is 2.67.